The van der Waals surface area contributed by atoms with Gasteiger partial charge in [-0.25, -0.2) is 14.4 Å². The van der Waals surface area contributed by atoms with E-state index in [1.54, 1.807) is 36.1 Å². The molecule has 2 saturated carbocycles. The van der Waals surface area contributed by atoms with Crippen molar-refractivity contribution in [3.8, 4) is 34.0 Å². The maximum atomic E-state index is 14.4. The second-order valence-electron chi connectivity index (χ2n) is 12.5. The Balaban J connectivity index is 1.23. The highest BCUT2D eigenvalue weighted by Gasteiger charge is 2.47. The quantitative estimate of drug-likeness (QED) is 0.214. The van der Waals surface area contributed by atoms with E-state index in [2.05, 4.69) is 25.1 Å². The second-order valence-corrected chi connectivity index (χ2v) is 12.5. The van der Waals surface area contributed by atoms with Crippen LogP contribution in [0.2, 0.25) is 0 Å². The number of pyridine rings is 1. The Kier molecular flexibility index (Phi) is 5.82. The summed E-state index contributed by atoms with van der Waals surface area (Å²) >= 11 is 0. The molecule has 4 heterocycles. The predicted octanol–water partition coefficient (Wildman–Crippen LogP) is 7.11. The molecule has 11 heteroatoms. The number of hydrogen-bond donors (Lipinski definition) is 1. The van der Waals surface area contributed by atoms with Gasteiger partial charge in [0, 0.05) is 37.3 Å². The minimum Gasteiger partial charge on any atom is -0.337 e. The fraction of sp³-hybridized carbons (Fsp3) is 0.375. The molecule has 0 bridgehead atoms. The van der Waals surface area contributed by atoms with Crippen molar-refractivity contribution in [2.24, 2.45) is 12.5 Å². The molecule has 0 radical (unpaired) electrons. The van der Waals surface area contributed by atoms with Crippen LogP contribution < -0.4 is 0 Å². The Morgan fingerprint density at radius 3 is 2.53 bits per heavy atom. The van der Waals surface area contributed by atoms with Crippen molar-refractivity contribution in [3.05, 3.63) is 71.4 Å². The topological polar surface area (TPSA) is 75.5 Å². The van der Waals surface area contributed by atoms with Gasteiger partial charge in [-0.1, -0.05) is 6.07 Å². The molecule has 1 saturated heterocycles. The lowest BCUT2D eigenvalue weighted by Gasteiger charge is -2.17. The van der Waals surface area contributed by atoms with Crippen LogP contribution in [0.3, 0.4) is 0 Å². The number of alkyl halides is 3. The number of aryl methyl sites for hydroxylation is 1. The summed E-state index contributed by atoms with van der Waals surface area (Å²) in [6.07, 6.45) is 2.50. The molecule has 2 aromatic carbocycles. The van der Waals surface area contributed by atoms with E-state index < -0.39 is 17.6 Å². The van der Waals surface area contributed by atoms with Crippen LogP contribution >= 0.6 is 0 Å². The Morgan fingerprint density at radius 2 is 1.84 bits per heavy atom. The van der Waals surface area contributed by atoms with E-state index in [4.69, 9.17) is 4.98 Å². The van der Waals surface area contributed by atoms with Crippen LogP contribution in [0, 0.1) is 11.2 Å². The molecule has 7 nitrogen and oxygen atoms in total. The van der Waals surface area contributed by atoms with E-state index in [-0.39, 0.29) is 17.3 Å². The van der Waals surface area contributed by atoms with Crippen LogP contribution in [0.4, 0.5) is 17.6 Å². The molecule has 0 atom stereocenters. The van der Waals surface area contributed by atoms with Gasteiger partial charge in [-0.2, -0.15) is 13.2 Å². The van der Waals surface area contributed by atoms with Crippen molar-refractivity contribution in [2.45, 2.75) is 50.7 Å². The van der Waals surface area contributed by atoms with Crippen molar-refractivity contribution < 1.29 is 17.6 Å². The molecule has 2 aliphatic carbocycles. The molecule has 1 aliphatic heterocycles. The van der Waals surface area contributed by atoms with Gasteiger partial charge in [0.2, 0.25) is 0 Å². The van der Waals surface area contributed by atoms with Gasteiger partial charge in [0.05, 0.1) is 11.1 Å². The fourth-order valence-corrected chi connectivity index (χ4v) is 6.51. The summed E-state index contributed by atoms with van der Waals surface area (Å²) in [4.78, 5) is 14.7. The molecule has 43 heavy (non-hydrogen) atoms. The first kappa shape index (κ1) is 26.5. The number of rotatable bonds is 6. The first-order chi connectivity index (χ1) is 20.6. The Morgan fingerprint density at radius 1 is 1.00 bits per heavy atom. The molecular formula is C32H29F4N7. The zero-order valence-electron chi connectivity index (χ0n) is 23.5. The van der Waals surface area contributed by atoms with Crippen molar-refractivity contribution in [1.29, 1.82) is 0 Å². The van der Waals surface area contributed by atoms with Crippen molar-refractivity contribution in [1.82, 2.24) is 34.6 Å². The Hall–Kier alpha value is -4.12. The third-order valence-corrected chi connectivity index (χ3v) is 9.16. The monoisotopic (exact) mass is 587 g/mol. The highest BCUT2D eigenvalue weighted by Crippen LogP contribution is 2.53. The number of imidazole rings is 1. The molecule has 1 spiro atoms. The predicted molar refractivity (Wildman–Crippen MR) is 153 cm³/mol. The van der Waals surface area contributed by atoms with Crippen molar-refractivity contribution in [3.63, 3.8) is 0 Å². The molecule has 0 unspecified atom stereocenters. The normalized spacial score (nSPS) is 18.3. The number of nitrogens with zero attached hydrogens (tertiary/aromatic N) is 6. The first-order valence-electron chi connectivity index (χ1n) is 14.6. The van der Waals surface area contributed by atoms with E-state index in [1.165, 1.54) is 31.0 Å². The number of fused-ring (bicyclic) bond motifs is 1. The highest BCUT2D eigenvalue weighted by molar-refractivity contribution is 5.85. The van der Waals surface area contributed by atoms with E-state index in [9.17, 15) is 17.6 Å². The van der Waals surface area contributed by atoms with Gasteiger partial charge in [-0.15, -0.1) is 10.2 Å². The lowest BCUT2D eigenvalue weighted by molar-refractivity contribution is -0.136. The maximum Gasteiger partial charge on any atom is 0.418 e. The number of aromatic nitrogens is 6. The minimum atomic E-state index is -4.56. The standard InChI is InChI=1S/C32H29F4N7/c1-42-17-37-41-30(42)23-14-21(33)4-5-22(23)20-12-25(19-2-3-19)38-27(13-20)29-39-26-11-18(10-24(28(26)40-29)32(34,35)36)15-43-9-8-31(16-43)6-7-31/h4-5,10-14,17,19H,2-3,6-9,15-16H2,1H3,(H,39,40). The fourth-order valence-electron chi connectivity index (χ4n) is 6.51. The van der Waals surface area contributed by atoms with Crippen LogP contribution in [-0.2, 0) is 19.8 Å². The SMILES string of the molecule is Cn1cnnc1-c1cc(F)ccc1-c1cc(-c2nc3c(C(F)(F)F)cc(CN4CCC5(CC5)C4)cc3[nH]2)nc(C2CC2)c1. The van der Waals surface area contributed by atoms with Gasteiger partial charge in [0.15, 0.2) is 11.6 Å². The zero-order valence-corrected chi connectivity index (χ0v) is 23.5. The smallest absolute Gasteiger partial charge is 0.337 e. The highest BCUT2D eigenvalue weighted by atomic mass is 19.4. The summed E-state index contributed by atoms with van der Waals surface area (Å²) in [5.41, 5.74) is 3.79. The third kappa shape index (κ3) is 4.89. The largest absolute Gasteiger partial charge is 0.418 e. The van der Waals surface area contributed by atoms with E-state index in [0.29, 0.717) is 40.1 Å². The van der Waals surface area contributed by atoms with Crippen molar-refractivity contribution >= 4 is 11.0 Å². The van der Waals surface area contributed by atoms with Crippen LogP contribution in [0.5, 0.6) is 0 Å². The minimum absolute atomic E-state index is 0.118. The van der Waals surface area contributed by atoms with Gasteiger partial charge in [-0.05, 0) is 97.2 Å². The summed E-state index contributed by atoms with van der Waals surface area (Å²) in [6, 6.07) is 11.3. The molecule has 5 aromatic rings. The van der Waals surface area contributed by atoms with E-state index >= 15 is 0 Å². The molecule has 3 fully saturated rings. The molecule has 3 aromatic heterocycles. The third-order valence-electron chi connectivity index (χ3n) is 9.16. The number of aromatic amines is 1. The number of likely N-dealkylation sites (tertiary alicyclic amines) is 1. The van der Waals surface area contributed by atoms with Gasteiger partial charge in [0.1, 0.15) is 23.4 Å². The van der Waals surface area contributed by atoms with Gasteiger partial charge < -0.3 is 9.55 Å². The number of nitrogens with one attached hydrogen (secondary N) is 1. The van der Waals surface area contributed by atoms with Gasteiger partial charge in [0.25, 0.3) is 0 Å². The number of halogens is 4. The van der Waals surface area contributed by atoms with Crippen LogP contribution in [0.1, 0.15) is 54.8 Å². The second kappa shape index (κ2) is 9.44. The van der Waals surface area contributed by atoms with Crippen LogP contribution in [0.25, 0.3) is 45.1 Å². The lowest BCUT2D eigenvalue weighted by atomic mass is 9.97. The molecule has 0 amide bonds. The average molecular weight is 588 g/mol. The van der Waals surface area contributed by atoms with Gasteiger partial charge >= 0.3 is 6.18 Å². The van der Waals surface area contributed by atoms with Gasteiger partial charge in [-0.3, -0.25) is 4.90 Å². The zero-order chi connectivity index (χ0) is 29.5. The van der Waals surface area contributed by atoms with Crippen LogP contribution in [0.15, 0.2) is 48.8 Å². The number of benzene rings is 2. The van der Waals surface area contributed by atoms with Crippen LogP contribution in [-0.4, -0.2) is 47.7 Å². The summed E-state index contributed by atoms with van der Waals surface area (Å²) in [6.45, 7) is 2.33. The maximum absolute atomic E-state index is 14.4. The summed E-state index contributed by atoms with van der Waals surface area (Å²) < 4.78 is 59.1. The number of H-pyrrole nitrogens is 1. The Labute approximate surface area is 245 Å². The molecule has 220 valence electrons. The molecule has 8 rings (SSSR count). The molecule has 3 aliphatic rings. The molecular weight excluding hydrogens is 558 g/mol. The van der Waals surface area contributed by atoms with Crippen molar-refractivity contribution in [2.75, 3.05) is 13.1 Å². The first-order valence-corrected chi connectivity index (χ1v) is 14.6. The lowest BCUT2D eigenvalue weighted by Crippen LogP contribution is -2.21. The summed E-state index contributed by atoms with van der Waals surface area (Å²) in [7, 11) is 1.78. The van der Waals surface area contributed by atoms with E-state index in [1.807, 2.05) is 6.07 Å². The molecule has 1 N–H and O–H groups in total. The van der Waals surface area contributed by atoms with E-state index in [0.717, 1.165) is 49.2 Å². The Bertz CT molecular complexity index is 1880. The number of hydrogen-bond acceptors (Lipinski definition) is 5. The average Bonchev–Trinajstić information content (AvgIpc) is 3.82. The summed E-state index contributed by atoms with van der Waals surface area (Å²) in [5.74, 6) is 0.612. The summed E-state index contributed by atoms with van der Waals surface area (Å²) in [5, 5.41) is 8.14.